The van der Waals surface area contributed by atoms with Crippen LogP contribution in [0.3, 0.4) is 0 Å². The van der Waals surface area contributed by atoms with E-state index < -0.39 is 0 Å². The molecule has 3 aliphatic rings. The molecule has 4 heteroatoms. The van der Waals surface area contributed by atoms with E-state index in [0.717, 1.165) is 49.1 Å². The topological polar surface area (TPSA) is 36.7 Å². The SMILES string of the molecule is Cc1cccc2cc(C(=O)N3C[C@H]4CC[C@@H]3CN(Cc3ccccc3)C4)oc12. The summed E-state index contributed by atoms with van der Waals surface area (Å²) in [4.78, 5) is 17.9. The molecule has 3 aromatic rings. The van der Waals surface area contributed by atoms with Crippen molar-refractivity contribution in [1.29, 1.82) is 0 Å². The number of rotatable bonds is 3. The third-order valence-corrected chi connectivity index (χ3v) is 6.25. The monoisotopic (exact) mass is 374 g/mol. The van der Waals surface area contributed by atoms with Crippen LogP contribution >= 0.6 is 0 Å². The molecule has 2 aromatic carbocycles. The molecule has 4 heterocycles. The summed E-state index contributed by atoms with van der Waals surface area (Å²) in [5, 5.41) is 1.01. The van der Waals surface area contributed by atoms with Crippen molar-refractivity contribution >= 4 is 16.9 Å². The van der Waals surface area contributed by atoms with Gasteiger partial charge in [-0.2, -0.15) is 0 Å². The van der Waals surface area contributed by atoms with Crippen molar-refractivity contribution in [1.82, 2.24) is 9.80 Å². The number of benzene rings is 2. The second kappa shape index (κ2) is 7.10. The van der Waals surface area contributed by atoms with E-state index in [-0.39, 0.29) is 11.9 Å². The summed E-state index contributed by atoms with van der Waals surface area (Å²) in [5.41, 5.74) is 3.24. The number of nitrogens with zero attached hydrogens (tertiary/aromatic N) is 2. The molecule has 4 nitrogen and oxygen atoms in total. The lowest BCUT2D eigenvalue weighted by Gasteiger charge is -2.35. The Morgan fingerprint density at radius 1 is 1.04 bits per heavy atom. The van der Waals surface area contributed by atoms with E-state index in [1.54, 1.807) is 0 Å². The molecule has 0 unspecified atom stereocenters. The van der Waals surface area contributed by atoms with E-state index >= 15 is 0 Å². The first kappa shape index (κ1) is 17.5. The summed E-state index contributed by atoms with van der Waals surface area (Å²) >= 11 is 0. The average molecular weight is 374 g/mol. The third-order valence-electron chi connectivity index (χ3n) is 6.25. The Hall–Kier alpha value is -2.59. The van der Waals surface area contributed by atoms with Crippen molar-refractivity contribution in [2.24, 2.45) is 5.92 Å². The third kappa shape index (κ3) is 3.22. The molecule has 0 aliphatic carbocycles. The fraction of sp³-hybridized carbons (Fsp3) is 0.375. The zero-order valence-electron chi connectivity index (χ0n) is 16.3. The number of hydrogen-bond donors (Lipinski definition) is 0. The molecule has 2 atom stereocenters. The zero-order valence-corrected chi connectivity index (χ0v) is 16.3. The smallest absolute Gasteiger partial charge is 0.289 e. The van der Waals surface area contributed by atoms with Gasteiger partial charge in [0.05, 0.1) is 0 Å². The van der Waals surface area contributed by atoms with Crippen molar-refractivity contribution in [3.8, 4) is 0 Å². The summed E-state index contributed by atoms with van der Waals surface area (Å²) in [6.45, 7) is 5.82. The van der Waals surface area contributed by atoms with Crippen LogP contribution < -0.4 is 0 Å². The van der Waals surface area contributed by atoms with Crippen LogP contribution in [0, 0.1) is 12.8 Å². The number of carbonyl (C=O) groups is 1. The standard InChI is InChI=1S/C24H26N2O2/c1-17-6-5-9-20-12-22(28-23(17)20)24(27)26-15-19-10-11-21(26)16-25(14-19)13-18-7-3-2-4-8-18/h2-9,12,19,21H,10-11,13-16H2,1H3/t19-,21+/m0/s1. The number of fused-ring (bicyclic) bond motifs is 5. The molecule has 2 bridgehead atoms. The maximum Gasteiger partial charge on any atom is 0.289 e. The van der Waals surface area contributed by atoms with Crippen molar-refractivity contribution in [2.75, 3.05) is 19.6 Å². The molecular weight excluding hydrogens is 348 g/mol. The van der Waals surface area contributed by atoms with Gasteiger partial charge in [0.25, 0.3) is 5.91 Å². The fourth-order valence-corrected chi connectivity index (χ4v) is 4.85. The van der Waals surface area contributed by atoms with Gasteiger partial charge in [-0.1, -0.05) is 48.5 Å². The zero-order chi connectivity index (χ0) is 19.1. The Kier molecular flexibility index (Phi) is 4.44. The maximum absolute atomic E-state index is 13.3. The van der Waals surface area contributed by atoms with Crippen LogP contribution in [0.25, 0.3) is 11.0 Å². The average Bonchev–Trinajstić information content (AvgIpc) is 2.97. The van der Waals surface area contributed by atoms with Crippen molar-refractivity contribution < 1.29 is 9.21 Å². The van der Waals surface area contributed by atoms with Crippen LogP contribution in [0.15, 0.2) is 59.0 Å². The first-order chi connectivity index (χ1) is 13.7. The van der Waals surface area contributed by atoms with E-state index in [1.165, 1.54) is 12.0 Å². The van der Waals surface area contributed by atoms with Gasteiger partial charge in [-0.3, -0.25) is 9.69 Å². The Morgan fingerprint density at radius 3 is 2.71 bits per heavy atom. The largest absolute Gasteiger partial charge is 0.451 e. The molecule has 1 amide bonds. The lowest BCUT2D eigenvalue weighted by molar-refractivity contribution is 0.0555. The van der Waals surface area contributed by atoms with Crippen LogP contribution in [0.1, 0.15) is 34.5 Å². The molecule has 6 rings (SSSR count). The molecule has 0 N–H and O–H groups in total. The Labute approximate surface area is 165 Å². The molecule has 28 heavy (non-hydrogen) atoms. The first-order valence-electron chi connectivity index (χ1n) is 10.2. The summed E-state index contributed by atoms with van der Waals surface area (Å²) in [6.07, 6.45) is 2.29. The van der Waals surface area contributed by atoms with Crippen molar-refractivity contribution in [3.05, 3.63) is 71.5 Å². The highest BCUT2D eigenvalue weighted by Crippen LogP contribution is 2.31. The van der Waals surface area contributed by atoms with Gasteiger partial charge in [-0.15, -0.1) is 0 Å². The number of furan rings is 1. The van der Waals surface area contributed by atoms with Crippen molar-refractivity contribution in [2.45, 2.75) is 32.4 Å². The van der Waals surface area contributed by atoms with E-state index in [1.807, 2.05) is 31.2 Å². The number of aryl methyl sites for hydroxylation is 1. The molecule has 1 aromatic heterocycles. The summed E-state index contributed by atoms with van der Waals surface area (Å²) in [6, 6.07) is 18.9. The Bertz CT molecular complexity index is 994. The van der Waals surface area contributed by atoms with E-state index in [0.29, 0.717) is 11.7 Å². The van der Waals surface area contributed by atoms with Gasteiger partial charge in [0, 0.05) is 37.6 Å². The van der Waals surface area contributed by atoms with Gasteiger partial charge in [0.1, 0.15) is 5.58 Å². The molecule has 0 saturated carbocycles. The number of piperidine rings is 1. The number of amides is 1. The number of carbonyl (C=O) groups excluding carboxylic acids is 1. The quantitative estimate of drug-likeness (QED) is 0.678. The van der Waals surface area contributed by atoms with Gasteiger partial charge in [0.15, 0.2) is 5.76 Å². The minimum Gasteiger partial charge on any atom is -0.451 e. The van der Waals surface area contributed by atoms with Gasteiger partial charge in [-0.25, -0.2) is 0 Å². The lowest BCUT2D eigenvalue weighted by atomic mass is 9.95. The molecule has 3 aliphatic heterocycles. The maximum atomic E-state index is 13.3. The van der Waals surface area contributed by atoms with Gasteiger partial charge in [0.2, 0.25) is 0 Å². The second-order valence-corrected chi connectivity index (χ2v) is 8.34. The Morgan fingerprint density at radius 2 is 1.89 bits per heavy atom. The van der Waals surface area contributed by atoms with E-state index in [4.69, 9.17) is 4.42 Å². The van der Waals surface area contributed by atoms with E-state index in [9.17, 15) is 4.79 Å². The predicted octanol–water partition coefficient (Wildman–Crippen LogP) is 4.48. The minimum absolute atomic E-state index is 0.0480. The highest BCUT2D eigenvalue weighted by atomic mass is 16.3. The first-order valence-corrected chi connectivity index (χ1v) is 10.2. The molecule has 0 radical (unpaired) electrons. The summed E-state index contributed by atoms with van der Waals surface area (Å²) in [5.74, 6) is 1.07. The molecule has 3 saturated heterocycles. The van der Waals surface area contributed by atoms with Crippen LogP contribution in [0.5, 0.6) is 0 Å². The highest BCUT2D eigenvalue weighted by Gasteiger charge is 2.38. The molecular formula is C24H26N2O2. The normalized spacial score (nSPS) is 22.5. The lowest BCUT2D eigenvalue weighted by Crippen LogP contribution is -2.47. The number of hydrogen-bond acceptors (Lipinski definition) is 3. The summed E-state index contributed by atoms with van der Waals surface area (Å²) in [7, 11) is 0. The van der Waals surface area contributed by atoms with Gasteiger partial charge in [-0.05, 0) is 42.9 Å². The Balaban J connectivity index is 1.37. The van der Waals surface area contributed by atoms with Crippen LogP contribution in [-0.2, 0) is 6.54 Å². The molecule has 0 spiro atoms. The van der Waals surface area contributed by atoms with E-state index in [2.05, 4.69) is 40.1 Å². The summed E-state index contributed by atoms with van der Waals surface area (Å²) < 4.78 is 5.98. The van der Waals surface area contributed by atoms with Crippen LogP contribution in [0.2, 0.25) is 0 Å². The predicted molar refractivity (Wildman–Crippen MR) is 110 cm³/mol. The molecule has 3 fully saturated rings. The number of para-hydroxylation sites is 1. The van der Waals surface area contributed by atoms with Crippen LogP contribution in [-0.4, -0.2) is 41.4 Å². The van der Waals surface area contributed by atoms with Gasteiger partial charge >= 0.3 is 0 Å². The second-order valence-electron chi connectivity index (χ2n) is 8.34. The fourth-order valence-electron chi connectivity index (χ4n) is 4.85. The van der Waals surface area contributed by atoms with Crippen LogP contribution in [0.4, 0.5) is 0 Å². The highest BCUT2D eigenvalue weighted by molar-refractivity contribution is 5.97. The van der Waals surface area contributed by atoms with Crippen molar-refractivity contribution in [3.63, 3.8) is 0 Å². The molecule has 144 valence electrons. The minimum atomic E-state index is 0.0480. The van der Waals surface area contributed by atoms with Gasteiger partial charge < -0.3 is 9.32 Å².